The van der Waals surface area contributed by atoms with Crippen molar-refractivity contribution < 1.29 is 5.11 Å². The van der Waals surface area contributed by atoms with Crippen LogP contribution in [-0.4, -0.2) is 41.0 Å². The maximum Gasteiger partial charge on any atom is 0.242 e. The fourth-order valence-corrected chi connectivity index (χ4v) is 2.02. The Morgan fingerprint density at radius 3 is 2.74 bits per heavy atom. The normalized spacial score (nSPS) is 14.1. The highest BCUT2D eigenvalue weighted by molar-refractivity contribution is 7.99. The van der Waals surface area contributed by atoms with Gasteiger partial charge in [0.25, 0.3) is 0 Å². The summed E-state index contributed by atoms with van der Waals surface area (Å²) in [7, 11) is 0. The second-order valence-corrected chi connectivity index (χ2v) is 5.26. The lowest BCUT2D eigenvalue weighted by Gasteiger charge is -2.13. The van der Waals surface area contributed by atoms with Crippen LogP contribution in [0.5, 0.6) is 0 Å². The minimum atomic E-state index is -0.465. The predicted molar refractivity (Wildman–Crippen MR) is 71.8 cm³/mol. The summed E-state index contributed by atoms with van der Waals surface area (Å²) in [5.41, 5.74) is 2.40. The molecular formula is C10H15N7OS. The summed E-state index contributed by atoms with van der Waals surface area (Å²) in [5.74, 6) is 6.03. The first-order chi connectivity index (χ1) is 9.10. The Morgan fingerprint density at radius 1 is 1.37 bits per heavy atom. The van der Waals surface area contributed by atoms with E-state index in [0.717, 1.165) is 0 Å². The number of nitrogens with zero attached hydrogens (tertiary/aromatic N) is 5. The van der Waals surface area contributed by atoms with Crippen LogP contribution in [0.2, 0.25) is 0 Å². The third-order valence-corrected chi connectivity index (χ3v) is 3.60. The minimum Gasteiger partial charge on any atom is -0.392 e. The first-order valence-electron chi connectivity index (χ1n) is 5.66. The van der Waals surface area contributed by atoms with Crippen LogP contribution in [0, 0.1) is 0 Å². The molecule has 2 aromatic rings. The molecule has 2 unspecified atom stereocenters. The number of nitrogen functional groups attached to an aromatic ring is 1. The molecule has 0 aliphatic rings. The van der Waals surface area contributed by atoms with Crippen LogP contribution in [0.4, 0.5) is 5.95 Å². The van der Waals surface area contributed by atoms with E-state index in [-0.39, 0.29) is 11.2 Å². The van der Waals surface area contributed by atoms with E-state index in [1.54, 1.807) is 30.2 Å². The summed E-state index contributed by atoms with van der Waals surface area (Å²) in [6.45, 7) is 3.61. The van der Waals surface area contributed by atoms with Gasteiger partial charge in [-0.15, -0.1) is 0 Å². The molecule has 0 saturated heterocycles. The van der Waals surface area contributed by atoms with Crippen LogP contribution in [0.3, 0.4) is 0 Å². The first-order valence-corrected chi connectivity index (χ1v) is 6.54. The number of nitrogens with one attached hydrogen (secondary N) is 1. The third kappa shape index (κ3) is 3.40. The van der Waals surface area contributed by atoms with Gasteiger partial charge in [0.05, 0.1) is 6.10 Å². The molecule has 0 spiro atoms. The van der Waals surface area contributed by atoms with E-state index in [0.29, 0.717) is 11.1 Å². The highest BCUT2D eigenvalue weighted by Crippen LogP contribution is 2.23. The Labute approximate surface area is 114 Å². The van der Waals surface area contributed by atoms with Crippen molar-refractivity contribution in [1.82, 2.24) is 24.5 Å². The molecule has 4 N–H and O–H groups in total. The van der Waals surface area contributed by atoms with Gasteiger partial charge in [0.15, 0.2) is 5.16 Å². The molecule has 0 amide bonds. The number of thioether (sulfide) groups is 1. The summed E-state index contributed by atoms with van der Waals surface area (Å²) in [6.07, 6.45) is 4.47. The number of hydrogen-bond acceptors (Lipinski definition) is 8. The molecule has 102 valence electrons. The quantitative estimate of drug-likeness (QED) is 0.404. The smallest absolute Gasteiger partial charge is 0.242 e. The number of anilines is 1. The van der Waals surface area contributed by atoms with Gasteiger partial charge in [-0.2, -0.15) is 15.0 Å². The van der Waals surface area contributed by atoms with E-state index in [9.17, 15) is 5.11 Å². The fraction of sp³-hybridized carbons (Fsp3) is 0.400. The lowest BCUT2D eigenvalue weighted by atomic mass is 10.3. The number of imidazole rings is 1. The number of aliphatic hydroxyl groups is 1. The standard InChI is InChI=1S/C10H15N7OS/c1-6(18)7(2)19-10-14-8(16-11)13-9(15-10)17-4-3-12-5-17/h3-7,18H,11H2,1-2H3,(H,13,14,15,16). The van der Waals surface area contributed by atoms with Crippen molar-refractivity contribution in [1.29, 1.82) is 0 Å². The third-order valence-electron chi connectivity index (χ3n) is 2.44. The molecule has 0 fully saturated rings. The van der Waals surface area contributed by atoms with Gasteiger partial charge in [-0.1, -0.05) is 18.7 Å². The van der Waals surface area contributed by atoms with E-state index in [2.05, 4.69) is 25.4 Å². The maximum atomic E-state index is 9.51. The number of nitrogens with two attached hydrogens (primary N) is 1. The minimum absolute atomic E-state index is 0.0383. The second kappa shape index (κ2) is 5.95. The van der Waals surface area contributed by atoms with Crippen molar-refractivity contribution >= 4 is 17.7 Å². The number of hydrogen-bond donors (Lipinski definition) is 3. The molecular weight excluding hydrogens is 266 g/mol. The van der Waals surface area contributed by atoms with Crippen LogP contribution < -0.4 is 11.3 Å². The monoisotopic (exact) mass is 281 g/mol. The lowest BCUT2D eigenvalue weighted by molar-refractivity contribution is 0.196. The molecule has 0 aliphatic heterocycles. The van der Waals surface area contributed by atoms with Crippen LogP contribution in [0.1, 0.15) is 13.8 Å². The molecule has 19 heavy (non-hydrogen) atoms. The van der Waals surface area contributed by atoms with E-state index >= 15 is 0 Å². The SMILES string of the molecule is CC(O)C(C)Sc1nc(NN)nc(-n2ccnc2)n1. The van der Waals surface area contributed by atoms with Gasteiger partial charge in [-0.25, -0.2) is 10.8 Å². The van der Waals surface area contributed by atoms with E-state index < -0.39 is 6.10 Å². The zero-order valence-electron chi connectivity index (χ0n) is 10.6. The number of hydrazine groups is 1. The van der Waals surface area contributed by atoms with Gasteiger partial charge in [-0.3, -0.25) is 9.99 Å². The van der Waals surface area contributed by atoms with Crippen molar-refractivity contribution in [2.45, 2.75) is 30.4 Å². The molecule has 9 heteroatoms. The predicted octanol–water partition coefficient (Wildman–Crippen LogP) is 0.204. The zero-order valence-corrected chi connectivity index (χ0v) is 11.4. The molecule has 0 saturated carbocycles. The highest BCUT2D eigenvalue weighted by atomic mass is 32.2. The Hall–Kier alpha value is -1.71. The molecule has 0 bridgehead atoms. The Kier molecular flexibility index (Phi) is 4.30. The van der Waals surface area contributed by atoms with Crippen molar-refractivity contribution in [3.63, 3.8) is 0 Å². The van der Waals surface area contributed by atoms with Crippen molar-refractivity contribution in [3.05, 3.63) is 18.7 Å². The van der Waals surface area contributed by atoms with Crippen molar-refractivity contribution in [2.24, 2.45) is 5.84 Å². The largest absolute Gasteiger partial charge is 0.392 e. The zero-order chi connectivity index (χ0) is 13.8. The van der Waals surface area contributed by atoms with Crippen molar-refractivity contribution in [2.75, 3.05) is 5.43 Å². The average molecular weight is 281 g/mol. The lowest BCUT2D eigenvalue weighted by Crippen LogP contribution is -2.17. The van der Waals surface area contributed by atoms with Gasteiger partial charge in [0.2, 0.25) is 11.9 Å². The van der Waals surface area contributed by atoms with Gasteiger partial charge >= 0.3 is 0 Å². The molecule has 2 rings (SSSR count). The van der Waals surface area contributed by atoms with E-state index in [1.807, 2.05) is 6.92 Å². The summed E-state index contributed by atoms with van der Waals surface area (Å²) < 4.78 is 1.65. The summed E-state index contributed by atoms with van der Waals surface area (Å²) in [6, 6.07) is 0. The van der Waals surface area contributed by atoms with Crippen LogP contribution in [0.15, 0.2) is 23.9 Å². The Bertz CT molecular complexity index is 531. The topological polar surface area (TPSA) is 115 Å². The van der Waals surface area contributed by atoms with Crippen molar-refractivity contribution in [3.8, 4) is 5.95 Å². The molecule has 8 nitrogen and oxygen atoms in total. The number of aromatic nitrogens is 5. The summed E-state index contributed by atoms with van der Waals surface area (Å²) in [4.78, 5) is 16.5. The molecule has 0 radical (unpaired) electrons. The van der Waals surface area contributed by atoms with Gasteiger partial charge in [-0.05, 0) is 6.92 Å². The van der Waals surface area contributed by atoms with Crippen LogP contribution in [0.25, 0.3) is 5.95 Å². The summed E-state index contributed by atoms with van der Waals surface area (Å²) in [5, 5.41) is 9.96. The molecule has 2 atom stereocenters. The second-order valence-electron chi connectivity index (χ2n) is 3.92. The van der Waals surface area contributed by atoms with E-state index in [1.165, 1.54) is 11.8 Å². The molecule has 0 aromatic carbocycles. The highest BCUT2D eigenvalue weighted by Gasteiger charge is 2.15. The van der Waals surface area contributed by atoms with Crippen LogP contribution >= 0.6 is 11.8 Å². The number of rotatable bonds is 5. The Morgan fingerprint density at radius 2 is 2.16 bits per heavy atom. The number of aliphatic hydroxyl groups excluding tert-OH is 1. The van der Waals surface area contributed by atoms with Gasteiger partial charge in [0, 0.05) is 17.6 Å². The molecule has 0 aliphatic carbocycles. The molecule has 2 heterocycles. The van der Waals surface area contributed by atoms with Gasteiger partial charge < -0.3 is 5.11 Å². The van der Waals surface area contributed by atoms with Gasteiger partial charge in [0.1, 0.15) is 6.33 Å². The average Bonchev–Trinajstić information content (AvgIpc) is 2.92. The maximum absolute atomic E-state index is 9.51. The summed E-state index contributed by atoms with van der Waals surface area (Å²) >= 11 is 1.35. The van der Waals surface area contributed by atoms with Crippen LogP contribution in [-0.2, 0) is 0 Å². The fourth-order valence-electron chi connectivity index (χ4n) is 1.22. The molecule has 2 aromatic heterocycles. The van der Waals surface area contributed by atoms with E-state index in [4.69, 9.17) is 5.84 Å². The first kappa shape index (κ1) is 13.7. The Balaban J connectivity index is 2.31.